The minimum Gasteiger partial charge on any atom is -0.338 e. The number of carbonyl (C=O) groups excluding carboxylic acids is 1. The molecule has 2 fully saturated rings. The van der Waals surface area contributed by atoms with E-state index in [1.165, 1.54) is 0 Å². The van der Waals surface area contributed by atoms with E-state index in [-0.39, 0.29) is 23.8 Å². The summed E-state index contributed by atoms with van der Waals surface area (Å²) < 4.78 is 0. The molecule has 1 heterocycles. The van der Waals surface area contributed by atoms with Crippen molar-refractivity contribution >= 4 is 29.1 Å². The molecule has 1 aromatic rings. The summed E-state index contributed by atoms with van der Waals surface area (Å²) >= 11 is 12.3. The molecule has 3 atom stereocenters. The quantitative estimate of drug-likeness (QED) is 0.932. The van der Waals surface area contributed by atoms with Crippen molar-refractivity contribution in [3.63, 3.8) is 0 Å². The van der Waals surface area contributed by atoms with Gasteiger partial charge in [0.05, 0.1) is 10.0 Å². The lowest BCUT2D eigenvalue weighted by Gasteiger charge is -2.23. The summed E-state index contributed by atoms with van der Waals surface area (Å²) in [5.74, 6) is 0.504. The van der Waals surface area contributed by atoms with Crippen LogP contribution in [0.5, 0.6) is 0 Å². The number of halogens is 2. The molecule has 1 amide bonds. The fourth-order valence-electron chi connectivity index (χ4n) is 3.20. The van der Waals surface area contributed by atoms with Gasteiger partial charge in [-0.05, 0) is 36.8 Å². The molecular formula is C15H18Cl2N2O. The molecule has 20 heavy (non-hydrogen) atoms. The summed E-state index contributed by atoms with van der Waals surface area (Å²) in [5.41, 5.74) is 6.74. The van der Waals surface area contributed by atoms with Crippen LogP contribution < -0.4 is 5.73 Å². The highest BCUT2D eigenvalue weighted by atomic mass is 35.5. The molecule has 1 saturated heterocycles. The first-order valence-corrected chi connectivity index (χ1v) is 7.83. The van der Waals surface area contributed by atoms with Crippen LogP contribution in [-0.2, 0) is 4.79 Å². The van der Waals surface area contributed by atoms with Crippen LogP contribution in [0.15, 0.2) is 18.2 Å². The minimum absolute atomic E-state index is 0.0538. The van der Waals surface area contributed by atoms with Gasteiger partial charge in [-0.25, -0.2) is 0 Å². The van der Waals surface area contributed by atoms with Crippen LogP contribution in [0.2, 0.25) is 10.0 Å². The standard InChI is InChI=1S/C15H18Cl2N2O/c16-13-5-1-4-10(14(13)17)11-7-12(11)15(20)19-6-2-3-9(19)8-18/h1,4-5,9,11-12H,2-3,6-8,18H2. The molecule has 1 saturated carbocycles. The lowest BCUT2D eigenvalue weighted by atomic mass is 10.1. The van der Waals surface area contributed by atoms with E-state index in [9.17, 15) is 4.79 Å². The Labute approximate surface area is 129 Å². The van der Waals surface area contributed by atoms with E-state index in [0.29, 0.717) is 16.6 Å². The zero-order valence-electron chi connectivity index (χ0n) is 11.2. The van der Waals surface area contributed by atoms with Crippen molar-refractivity contribution in [1.82, 2.24) is 4.90 Å². The monoisotopic (exact) mass is 312 g/mol. The molecule has 3 nitrogen and oxygen atoms in total. The smallest absolute Gasteiger partial charge is 0.226 e. The molecule has 0 spiro atoms. The van der Waals surface area contributed by atoms with Crippen molar-refractivity contribution in [2.75, 3.05) is 13.1 Å². The van der Waals surface area contributed by atoms with Crippen LogP contribution in [0.3, 0.4) is 0 Å². The second-order valence-electron chi connectivity index (χ2n) is 5.66. The van der Waals surface area contributed by atoms with Crippen LogP contribution in [0.4, 0.5) is 0 Å². The van der Waals surface area contributed by atoms with Crippen molar-refractivity contribution in [2.24, 2.45) is 11.7 Å². The first-order valence-electron chi connectivity index (χ1n) is 7.08. The van der Waals surface area contributed by atoms with Crippen molar-refractivity contribution in [2.45, 2.75) is 31.2 Å². The molecule has 108 valence electrons. The normalized spacial score (nSPS) is 28.8. The van der Waals surface area contributed by atoms with Gasteiger partial charge in [-0.3, -0.25) is 4.79 Å². The average Bonchev–Trinajstić information content (AvgIpc) is 3.09. The lowest BCUT2D eigenvalue weighted by molar-refractivity contribution is -0.133. The number of likely N-dealkylation sites (tertiary alicyclic amines) is 1. The Hall–Kier alpha value is -0.770. The summed E-state index contributed by atoms with van der Waals surface area (Å²) in [5, 5.41) is 1.15. The third kappa shape index (κ3) is 2.43. The predicted molar refractivity (Wildman–Crippen MR) is 81.1 cm³/mol. The number of amides is 1. The molecule has 0 radical (unpaired) electrons. The summed E-state index contributed by atoms with van der Waals surface area (Å²) in [7, 11) is 0. The zero-order chi connectivity index (χ0) is 14.3. The summed E-state index contributed by atoms with van der Waals surface area (Å²) in [6.07, 6.45) is 2.95. The van der Waals surface area contributed by atoms with Gasteiger partial charge in [-0.2, -0.15) is 0 Å². The highest BCUT2D eigenvalue weighted by Crippen LogP contribution is 2.51. The summed E-state index contributed by atoms with van der Waals surface area (Å²) in [6.45, 7) is 1.40. The Morgan fingerprint density at radius 3 is 2.95 bits per heavy atom. The average molecular weight is 313 g/mol. The molecule has 2 N–H and O–H groups in total. The van der Waals surface area contributed by atoms with E-state index < -0.39 is 0 Å². The fourth-order valence-corrected chi connectivity index (χ4v) is 3.65. The maximum Gasteiger partial charge on any atom is 0.226 e. The van der Waals surface area contributed by atoms with Crippen LogP contribution in [0.25, 0.3) is 0 Å². The number of hydrogen-bond acceptors (Lipinski definition) is 2. The van der Waals surface area contributed by atoms with Gasteiger partial charge in [-0.1, -0.05) is 35.3 Å². The van der Waals surface area contributed by atoms with Gasteiger partial charge in [0.1, 0.15) is 0 Å². The Bertz CT molecular complexity index is 535. The Morgan fingerprint density at radius 1 is 1.40 bits per heavy atom. The molecule has 0 aromatic heterocycles. The van der Waals surface area contributed by atoms with E-state index in [1.807, 2.05) is 17.0 Å². The second-order valence-corrected chi connectivity index (χ2v) is 6.44. The van der Waals surface area contributed by atoms with Crippen molar-refractivity contribution in [3.8, 4) is 0 Å². The topological polar surface area (TPSA) is 46.3 Å². The van der Waals surface area contributed by atoms with E-state index in [2.05, 4.69) is 0 Å². The number of benzene rings is 1. The first kappa shape index (κ1) is 14.2. The van der Waals surface area contributed by atoms with E-state index in [0.717, 1.165) is 31.4 Å². The second kappa shape index (κ2) is 5.55. The van der Waals surface area contributed by atoms with Crippen LogP contribution >= 0.6 is 23.2 Å². The van der Waals surface area contributed by atoms with Crippen LogP contribution in [-0.4, -0.2) is 29.9 Å². The van der Waals surface area contributed by atoms with Gasteiger partial charge >= 0.3 is 0 Å². The van der Waals surface area contributed by atoms with Gasteiger partial charge in [0, 0.05) is 25.0 Å². The molecule has 2 aliphatic rings. The largest absolute Gasteiger partial charge is 0.338 e. The number of nitrogens with zero attached hydrogens (tertiary/aromatic N) is 1. The molecular weight excluding hydrogens is 295 g/mol. The highest BCUT2D eigenvalue weighted by molar-refractivity contribution is 6.42. The van der Waals surface area contributed by atoms with Gasteiger partial charge in [0.25, 0.3) is 0 Å². The molecule has 0 bridgehead atoms. The maximum absolute atomic E-state index is 12.6. The number of carbonyl (C=O) groups is 1. The van der Waals surface area contributed by atoms with E-state index in [1.54, 1.807) is 6.07 Å². The third-order valence-electron chi connectivity index (χ3n) is 4.42. The van der Waals surface area contributed by atoms with E-state index >= 15 is 0 Å². The van der Waals surface area contributed by atoms with Gasteiger partial charge in [0.2, 0.25) is 5.91 Å². The lowest BCUT2D eigenvalue weighted by Crippen LogP contribution is -2.40. The predicted octanol–water partition coefficient (Wildman–Crippen LogP) is 3.05. The first-order chi connectivity index (χ1) is 9.63. The minimum atomic E-state index is 0.0538. The van der Waals surface area contributed by atoms with Crippen LogP contribution in [0, 0.1) is 5.92 Å². The molecule has 5 heteroatoms. The van der Waals surface area contributed by atoms with Crippen molar-refractivity contribution in [3.05, 3.63) is 33.8 Å². The Morgan fingerprint density at radius 2 is 2.20 bits per heavy atom. The summed E-state index contributed by atoms with van der Waals surface area (Å²) in [6, 6.07) is 5.86. The van der Waals surface area contributed by atoms with Crippen molar-refractivity contribution in [1.29, 1.82) is 0 Å². The Kier molecular flexibility index (Phi) is 3.93. The SMILES string of the molecule is NCC1CCCN1C(=O)C1CC1c1cccc(Cl)c1Cl. The number of rotatable bonds is 3. The van der Waals surface area contributed by atoms with Gasteiger partial charge in [-0.15, -0.1) is 0 Å². The fraction of sp³-hybridized carbons (Fsp3) is 0.533. The molecule has 1 aliphatic carbocycles. The van der Waals surface area contributed by atoms with Crippen molar-refractivity contribution < 1.29 is 4.79 Å². The van der Waals surface area contributed by atoms with E-state index in [4.69, 9.17) is 28.9 Å². The highest BCUT2D eigenvalue weighted by Gasteiger charge is 2.48. The Balaban J connectivity index is 1.72. The molecule has 1 aliphatic heterocycles. The van der Waals surface area contributed by atoms with Gasteiger partial charge < -0.3 is 10.6 Å². The third-order valence-corrected chi connectivity index (χ3v) is 5.25. The number of nitrogens with two attached hydrogens (primary N) is 1. The number of hydrogen-bond donors (Lipinski definition) is 1. The maximum atomic E-state index is 12.6. The molecule has 3 rings (SSSR count). The molecule has 1 aromatic carbocycles. The van der Waals surface area contributed by atoms with Gasteiger partial charge in [0.15, 0.2) is 0 Å². The van der Waals surface area contributed by atoms with Crippen LogP contribution in [0.1, 0.15) is 30.7 Å². The molecule has 3 unspecified atom stereocenters. The summed E-state index contributed by atoms with van der Waals surface area (Å²) in [4.78, 5) is 14.5. The zero-order valence-corrected chi connectivity index (χ0v) is 12.7.